The van der Waals surface area contributed by atoms with Crippen LogP contribution in [0.15, 0.2) is 24.3 Å². The molecule has 5 nitrogen and oxygen atoms in total. The van der Waals surface area contributed by atoms with E-state index in [1.165, 1.54) is 0 Å². The van der Waals surface area contributed by atoms with Crippen LogP contribution in [0, 0.1) is 5.92 Å². The first-order chi connectivity index (χ1) is 10.7. The van der Waals surface area contributed by atoms with Crippen LogP contribution in [0.1, 0.15) is 36.0 Å². The molecule has 1 aromatic rings. The zero-order chi connectivity index (χ0) is 15.5. The van der Waals surface area contributed by atoms with E-state index in [-0.39, 0.29) is 36.2 Å². The normalized spacial score (nSPS) is 20.0. The van der Waals surface area contributed by atoms with E-state index in [1.807, 2.05) is 24.1 Å². The third-order valence-corrected chi connectivity index (χ3v) is 4.43. The number of likely N-dealkylation sites (tertiary alicyclic amines) is 1. The Morgan fingerprint density at radius 2 is 1.87 bits per heavy atom. The number of anilines is 1. The summed E-state index contributed by atoms with van der Waals surface area (Å²) in [5.41, 5.74) is 1.45. The largest absolute Gasteiger partial charge is 0.334 e. The van der Waals surface area contributed by atoms with Crippen LogP contribution < -0.4 is 10.6 Å². The Morgan fingerprint density at radius 1 is 1.17 bits per heavy atom. The number of carbonyl (C=O) groups is 2. The number of hydrogen-bond donors (Lipinski definition) is 2. The first-order valence-corrected chi connectivity index (χ1v) is 8.05. The van der Waals surface area contributed by atoms with Crippen molar-refractivity contribution in [1.82, 2.24) is 10.2 Å². The molecule has 0 bridgehead atoms. The molecule has 1 aromatic carbocycles. The summed E-state index contributed by atoms with van der Waals surface area (Å²) < 4.78 is 0. The molecule has 1 unspecified atom stereocenters. The standard InChI is InChI=1S/C17H23N3O2.ClH/c1-18-11-15-3-2-10-20(15)17(22)13-6-8-14(9-7-13)19-16(21)12-4-5-12;/h6-9,12,15,18H,2-5,10-11H2,1H3,(H,19,21);1H. The second-order valence-electron chi connectivity index (χ2n) is 6.19. The lowest BCUT2D eigenvalue weighted by atomic mass is 10.1. The first kappa shape index (κ1) is 17.8. The maximum absolute atomic E-state index is 12.6. The second kappa shape index (κ2) is 7.79. The van der Waals surface area contributed by atoms with Crippen molar-refractivity contribution in [3.63, 3.8) is 0 Å². The molecule has 126 valence electrons. The smallest absolute Gasteiger partial charge is 0.254 e. The molecule has 2 amide bonds. The summed E-state index contributed by atoms with van der Waals surface area (Å²) in [6.45, 7) is 1.66. The van der Waals surface area contributed by atoms with E-state index < -0.39 is 0 Å². The van der Waals surface area contributed by atoms with E-state index in [4.69, 9.17) is 0 Å². The minimum Gasteiger partial charge on any atom is -0.334 e. The van der Waals surface area contributed by atoms with Gasteiger partial charge >= 0.3 is 0 Å². The SMILES string of the molecule is CNCC1CCCN1C(=O)c1ccc(NC(=O)C2CC2)cc1.Cl. The van der Waals surface area contributed by atoms with Crippen molar-refractivity contribution >= 4 is 29.9 Å². The van der Waals surface area contributed by atoms with Crippen LogP contribution in [-0.2, 0) is 4.79 Å². The lowest BCUT2D eigenvalue weighted by molar-refractivity contribution is -0.117. The highest BCUT2D eigenvalue weighted by Gasteiger charge is 2.30. The molecule has 1 aliphatic heterocycles. The van der Waals surface area contributed by atoms with Crippen LogP contribution in [0.2, 0.25) is 0 Å². The van der Waals surface area contributed by atoms with E-state index in [1.54, 1.807) is 12.1 Å². The van der Waals surface area contributed by atoms with Crippen molar-refractivity contribution in [3.8, 4) is 0 Å². The van der Waals surface area contributed by atoms with Crippen molar-refractivity contribution in [3.05, 3.63) is 29.8 Å². The van der Waals surface area contributed by atoms with Gasteiger partial charge in [-0.25, -0.2) is 0 Å². The second-order valence-corrected chi connectivity index (χ2v) is 6.19. The maximum Gasteiger partial charge on any atom is 0.254 e. The number of halogens is 1. The molecule has 1 aliphatic carbocycles. The molecule has 1 heterocycles. The lowest BCUT2D eigenvalue weighted by Gasteiger charge is -2.24. The quantitative estimate of drug-likeness (QED) is 0.866. The van der Waals surface area contributed by atoms with Gasteiger partial charge in [0.25, 0.3) is 5.91 Å². The van der Waals surface area contributed by atoms with Gasteiger partial charge in [0.15, 0.2) is 0 Å². The van der Waals surface area contributed by atoms with Gasteiger partial charge in [0.1, 0.15) is 0 Å². The Bertz CT molecular complexity index is 557. The molecule has 2 N–H and O–H groups in total. The molecular formula is C17H24ClN3O2. The number of carbonyl (C=O) groups excluding carboxylic acids is 2. The van der Waals surface area contributed by atoms with Gasteiger partial charge in [0.2, 0.25) is 5.91 Å². The van der Waals surface area contributed by atoms with E-state index in [0.29, 0.717) is 5.56 Å². The van der Waals surface area contributed by atoms with Gasteiger partial charge in [-0.15, -0.1) is 12.4 Å². The number of nitrogens with zero attached hydrogens (tertiary/aromatic N) is 1. The van der Waals surface area contributed by atoms with Gasteiger partial charge in [-0.2, -0.15) is 0 Å². The number of nitrogens with one attached hydrogen (secondary N) is 2. The molecule has 0 radical (unpaired) electrons. The summed E-state index contributed by atoms with van der Waals surface area (Å²) in [5.74, 6) is 0.360. The average molecular weight is 338 g/mol. The Kier molecular flexibility index (Phi) is 6.02. The summed E-state index contributed by atoms with van der Waals surface area (Å²) in [5, 5.41) is 6.05. The fourth-order valence-corrected chi connectivity index (χ4v) is 3.00. The zero-order valence-electron chi connectivity index (χ0n) is 13.4. The van der Waals surface area contributed by atoms with Gasteiger partial charge in [-0.3, -0.25) is 9.59 Å². The van der Waals surface area contributed by atoms with Crippen molar-refractivity contribution in [2.24, 2.45) is 5.92 Å². The highest BCUT2D eigenvalue weighted by Crippen LogP contribution is 2.30. The maximum atomic E-state index is 12.6. The Balaban J connectivity index is 0.00000192. The molecule has 1 atom stereocenters. The van der Waals surface area contributed by atoms with Crippen LogP contribution in [0.4, 0.5) is 5.69 Å². The van der Waals surface area contributed by atoms with Crippen molar-refractivity contribution in [2.75, 3.05) is 25.5 Å². The monoisotopic (exact) mass is 337 g/mol. The minimum atomic E-state index is 0. The van der Waals surface area contributed by atoms with Gasteiger partial charge in [-0.05, 0) is 57.0 Å². The zero-order valence-corrected chi connectivity index (χ0v) is 14.2. The van der Waals surface area contributed by atoms with E-state index in [2.05, 4.69) is 10.6 Å². The van der Waals surface area contributed by atoms with Crippen molar-refractivity contribution < 1.29 is 9.59 Å². The summed E-state index contributed by atoms with van der Waals surface area (Å²) in [6, 6.07) is 7.53. The third kappa shape index (κ3) is 4.24. The molecule has 2 aliphatic rings. The summed E-state index contributed by atoms with van der Waals surface area (Å²) in [7, 11) is 1.91. The molecule has 0 aromatic heterocycles. The summed E-state index contributed by atoms with van der Waals surface area (Å²) in [4.78, 5) is 26.3. The first-order valence-electron chi connectivity index (χ1n) is 8.05. The van der Waals surface area contributed by atoms with Crippen LogP contribution >= 0.6 is 12.4 Å². The molecule has 23 heavy (non-hydrogen) atoms. The topological polar surface area (TPSA) is 61.4 Å². The fraction of sp³-hybridized carbons (Fsp3) is 0.529. The molecular weight excluding hydrogens is 314 g/mol. The Morgan fingerprint density at radius 3 is 2.48 bits per heavy atom. The van der Waals surface area contributed by atoms with Gasteiger partial charge in [-0.1, -0.05) is 0 Å². The van der Waals surface area contributed by atoms with E-state index >= 15 is 0 Å². The number of rotatable bonds is 5. The molecule has 2 fully saturated rings. The fourth-order valence-electron chi connectivity index (χ4n) is 3.00. The third-order valence-electron chi connectivity index (χ3n) is 4.43. The van der Waals surface area contributed by atoms with E-state index in [9.17, 15) is 9.59 Å². The predicted octanol–water partition coefficient (Wildman–Crippen LogP) is 2.28. The number of benzene rings is 1. The summed E-state index contributed by atoms with van der Waals surface area (Å²) >= 11 is 0. The average Bonchev–Trinajstić information content (AvgIpc) is 3.28. The van der Waals surface area contributed by atoms with Crippen molar-refractivity contribution in [2.45, 2.75) is 31.7 Å². The highest BCUT2D eigenvalue weighted by atomic mass is 35.5. The molecule has 6 heteroatoms. The van der Waals surface area contributed by atoms with Gasteiger partial charge < -0.3 is 15.5 Å². The van der Waals surface area contributed by atoms with Crippen molar-refractivity contribution in [1.29, 1.82) is 0 Å². The number of hydrogen-bond acceptors (Lipinski definition) is 3. The molecule has 3 rings (SSSR count). The van der Waals surface area contributed by atoms with Crippen LogP contribution in [0.25, 0.3) is 0 Å². The summed E-state index contributed by atoms with van der Waals surface area (Å²) in [6.07, 6.45) is 4.10. The van der Waals surface area contributed by atoms with Gasteiger partial charge in [0, 0.05) is 36.3 Å². The molecule has 1 saturated carbocycles. The molecule has 1 saturated heterocycles. The number of amides is 2. The van der Waals surface area contributed by atoms with Crippen LogP contribution in [-0.4, -0.2) is 42.9 Å². The van der Waals surface area contributed by atoms with Crippen LogP contribution in [0.3, 0.4) is 0 Å². The Labute approximate surface area is 143 Å². The van der Waals surface area contributed by atoms with Gasteiger partial charge in [0.05, 0.1) is 0 Å². The highest BCUT2D eigenvalue weighted by molar-refractivity contribution is 5.97. The number of likely N-dealkylation sites (N-methyl/N-ethyl adjacent to an activating group) is 1. The van der Waals surface area contributed by atoms with E-state index in [0.717, 1.165) is 44.5 Å². The molecule has 0 spiro atoms. The Hall–Kier alpha value is -1.59. The van der Waals surface area contributed by atoms with Crippen LogP contribution in [0.5, 0.6) is 0 Å². The predicted molar refractivity (Wildman–Crippen MR) is 93.0 cm³/mol. The lowest BCUT2D eigenvalue weighted by Crippen LogP contribution is -2.40. The minimum absolute atomic E-state index is 0.